The first kappa shape index (κ1) is 18.1. The first-order chi connectivity index (χ1) is 12.1. The Morgan fingerprint density at radius 3 is 2.50 bits per heavy atom. The van der Waals surface area contributed by atoms with Gasteiger partial charge in [0.05, 0.1) is 10.4 Å². The largest absolute Gasteiger partial charge is 0.416 e. The highest BCUT2D eigenvalue weighted by Crippen LogP contribution is 2.33. The van der Waals surface area contributed by atoms with E-state index in [1.54, 1.807) is 0 Å². The molecule has 0 saturated heterocycles. The maximum atomic E-state index is 12.7. The number of aromatic amines is 1. The van der Waals surface area contributed by atoms with E-state index in [1.165, 1.54) is 30.3 Å². The second-order valence-corrected chi connectivity index (χ2v) is 8.10. The van der Waals surface area contributed by atoms with Crippen molar-refractivity contribution in [1.29, 1.82) is 0 Å². The third-order valence-corrected chi connectivity index (χ3v) is 6.20. The van der Waals surface area contributed by atoms with Crippen molar-refractivity contribution < 1.29 is 21.6 Å². The number of benzene rings is 1. The number of H-pyrrole nitrogens is 1. The topological polar surface area (TPSA) is 91.9 Å². The van der Waals surface area contributed by atoms with Crippen molar-refractivity contribution in [1.82, 2.24) is 10.2 Å². The minimum Gasteiger partial charge on any atom is -0.279 e. The second kappa shape index (κ2) is 6.57. The number of nitrogens with zero attached hydrogens (tertiary/aromatic N) is 1. The molecule has 2 aromatic heterocycles. The van der Waals surface area contributed by atoms with Crippen LogP contribution in [0, 0.1) is 0 Å². The minimum absolute atomic E-state index is 0.0992. The van der Waals surface area contributed by atoms with Crippen LogP contribution in [0.15, 0.2) is 57.5 Å². The Hall–Kier alpha value is -2.66. The van der Waals surface area contributed by atoms with E-state index < -0.39 is 27.3 Å². The van der Waals surface area contributed by atoms with Gasteiger partial charge in [-0.1, -0.05) is 6.07 Å². The van der Waals surface area contributed by atoms with Gasteiger partial charge in [-0.25, -0.2) is 13.5 Å². The number of anilines is 1. The number of halogens is 3. The van der Waals surface area contributed by atoms with Crippen LogP contribution in [0.3, 0.4) is 0 Å². The fourth-order valence-electron chi connectivity index (χ4n) is 2.05. The monoisotopic (exact) mass is 401 g/mol. The van der Waals surface area contributed by atoms with Crippen LogP contribution in [-0.2, 0) is 16.2 Å². The van der Waals surface area contributed by atoms with E-state index in [9.17, 15) is 26.4 Å². The number of hydrogen-bond donors (Lipinski definition) is 2. The van der Waals surface area contributed by atoms with Crippen LogP contribution >= 0.6 is 11.3 Å². The molecule has 2 heterocycles. The van der Waals surface area contributed by atoms with Crippen LogP contribution in [0.25, 0.3) is 10.6 Å². The molecule has 0 radical (unpaired) electrons. The summed E-state index contributed by atoms with van der Waals surface area (Å²) in [7, 11) is -4.07. The molecule has 0 aliphatic carbocycles. The molecule has 0 unspecified atom stereocenters. The van der Waals surface area contributed by atoms with Gasteiger partial charge in [-0.3, -0.25) is 9.52 Å². The van der Waals surface area contributed by atoms with Gasteiger partial charge >= 0.3 is 6.18 Å². The molecular weight excluding hydrogens is 391 g/mol. The average Bonchev–Trinajstić information content (AvgIpc) is 3.05. The molecule has 26 heavy (non-hydrogen) atoms. The molecule has 0 aliphatic heterocycles. The summed E-state index contributed by atoms with van der Waals surface area (Å²) in [4.78, 5) is 11.5. The van der Waals surface area contributed by atoms with Crippen molar-refractivity contribution in [3.05, 3.63) is 64.4 Å². The van der Waals surface area contributed by atoms with E-state index in [0.29, 0.717) is 10.6 Å². The van der Waals surface area contributed by atoms with E-state index >= 15 is 0 Å². The van der Waals surface area contributed by atoms with Crippen LogP contribution in [0.5, 0.6) is 0 Å². The minimum atomic E-state index is -4.58. The smallest absolute Gasteiger partial charge is 0.279 e. The molecule has 1 aromatic carbocycles. The average molecular weight is 401 g/mol. The van der Waals surface area contributed by atoms with Gasteiger partial charge in [-0.15, -0.1) is 11.3 Å². The first-order valence-corrected chi connectivity index (χ1v) is 9.31. The molecule has 11 heteroatoms. The molecule has 0 amide bonds. The van der Waals surface area contributed by atoms with Crippen LogP contribution in [0.1, 0.15) is 5.56 Å². The molecule has 0 fully saturated rings. The Labute approximate surface area is 149 Å². The zero-order valence-corrected chi connectivity index (χ0v) is 14.4. The van der Waals surface area contributed by atoms with Gasteiger partial charge in [0.2, 0.25) is 0 Å². The van der Waals surface area contributed by atoms with Gasteiger partial charge in [0, 0.05) is 11.8 Å². The van der Waals surface area contributed by atoms with Crippen LogP contribution in [-0.4, -0.2) is 18.6 Å². The summed E-state index contributed by atoms with van der Waals surface area (Å²) in [6.45, 7) is 0. The zero-order valence-electron chi connectivity index (χ0n) is 12.7. The third kappa shape index (κ3) is 3.94. The predicted octanol–water partition coefficient (Wildman–Crippen LogP) is 3.32. The highest BCUT2D eigenvalue weighted by molar-refractivity contribution is 7.94. The highest BCUT2D eigenvalue weighted by atomic mass is 32.2. The summed E-state index contributed by atoms with van der Waals surface area (Å²) in [5.41, 5.74) is -1.18. The molecule has 3 aromatic rings. The SMILES string of the molecule is O=c1ccc(-c2ccc(S(=O)(=O)Nc3cccc(C(F)(F)F)c3)s2)n[nH]1. The van der Waals surface area contributed by atoms with E-state index in [0.717, 1.165) is 29.5 Å². The van der Waals surface area contributed by atoms with Crippen molar-refractivity contribution >= 4 is 27.0 Å². The van der Waals surface area contributed by atoms with Gasteiger partial charge in [0.15, 0.2) is 0 Å². The van der Waals surface area contributed by atoms with Crippen molar-refractivity contribution in [2.45, 2.75) is 10.4 Å². The number of sulfonamides is 1. The molecule has 136 valence electrons. The molecule has 0 saturated carbocycles. The maximum Gasteiger partial charge on any atom is 0.416 e. The Morgan fingerprint density at radius 2 is 1.85 bits per heavy atom. The van der Waals surface area contributed by atoms with Crippen molar-refractivity contribution in [2.24, 2.45) is 0 Å². The normalized spacial score (nSPS) is 12.1. The zero-order chi connectivity index (χ0) is 18.9. The first-order valence-electron chi connectivity index (χ1n) is 7.01. The van der Waals surface area contributed by atoms with E-state index in [2.05, 4.69) is 14.9 Å². The van der Waals surface area contributed by atoms with Crippen molar-refractivity contribution in [3.63, 3.8) is 0 Å². The summed E-state index contributed by atoms with van der Waals surface area (Å²) in [6.07, 6.45) is -4.58. The highest BCUT2D eigenvalue weighted by Gasteiger charge is 2.30. The standard InChI is InChI=1S/C15H10F3N3O3S2/c16-15(17,18)9-2-1-3-10(8-9)21-26(23,24)14-7-5-12(25-14)11-4-6-13(22)20-19-11/h1-8,21H,(H,20,22). The molecule has 0 aliphatic rings. The summed E-state index contributed by atoms with van der Waals surface area (Å²) in [5, 5.41) is 6.04. The fraction of sp³-hybridized carbons (Fsp3) is 0.0667. The predicted molar refractivity (Wildman–Crippen MR) is 90.4 cm³/mol. The van der Waals surface area contributed by atoms with Crippen molar-refractivity contribution in [3.8, 4) is 10.6 Å². The molecule has 0 bridgehead atoms. The quantitative estimate of drug-likeness (QED) is 0.702. The Bertz CT molecular complexity index is 1080. The number of alkyl halides is 3. The van der Waals surface area contributed by atoms with Crippen LogP contribution in [0.4, 0.5) is 18.9 Å². The van der Waals surface area contributed by atoms with Crippen LogP contribution < -0.4 is 10.3 Å². The lowest BCUT2D eigenvalue weighted by Crippen LogP contribution is -2.12. The molecular formula is C15H10F3N3O3S2. The van der Waals surface area contributed by atoms with E-state index in [-0.39, 0.29) is 9.90 Å². The Morgan fingerprint density at radius 1 is 1.08 bits per heavy atom. The summed E-state index contributed by atoms with van der Waals surface area (Å²) in [5.74, 6) is 0. The summed E-state index contributed by atoms with van der Waals surface area (Å²) < 4.78 is 65.0. The Balaban J connectivity index is 1.88. The number of rotatable bonds is 4. The fourth-order valence-corrected chi connectivity index (χ4v) is 4.37. The summed E-state index contributed by atoms with van der Waals surface area (Å²) in [6, 6.07) is 9.39. The molecule has 2 N–H and O–H groups in total. The number of nitrogens with one attached hydrogen (secondary N) is 2. The summed E-state index contributed by atoms with van der Waals surface area (Å²) >= 11 is 0.871. The molecule has 6 nitrogen and oxygen atoms in total. The third-order valence-electron chi connectivity index (χ3n) is 3.22. The lowest BCUT2D eigenvalue weighted by atomic mass is 10.2. The van der Waals surface area contributed by atoms with Gasteiger partial charge in [-0.2, -0.15) is 18.3 Å². The number of aromatic nitrogens is 2. The van der Waals surface area contributed by atoms with E-state index in [4.69, 9.17) is 0 Å². The van der Waals surface area contributed by atoms with Crippen LogP contribution in [0.2, 0.25) is 0 Å². The van der Waals surface area contributed by atoms with E-state index in [1.807, 2.05) is 0 Å². The van der Waals surface area contributed by atoms with Gasteiger partial charge < -0.3 is 0 Å². The maximum absolute atomic E-state index is 12.7. The van der Waals surface area contributed by atoms with Gasteiger partial charge in [0.25, 0.3) is 15.6 Å². The number of hydrogen-bond acceptors (Lipinski definition) is 5. The lowest BCUT2D eigenvalue weighted by molar-refractivity contribution is -0.137. The number of thiophene rings is 1. The lowest BCUT2D eigenvalue weighted by Gasteiger charge is -2.10. The molecule has 0 atom stereocenters. The molecule has 3 rings (SSSR count). The van der Waals surface area contributed by atoms with Gasteiger partial charge in [0.1, 0.15) is 9.90 Å². The van der Waals surface area contributed by atoms with Crippen molar-refractivity contribution in [2.75, 3.05) is 4.72 Å². The molecule has 0 spiro atoms. The van der Waals surface area contributed by atoms with Gasteiger partial charge in [-0.05, 0) is 36.4 Å². The second-order valence-electron chi connectivity index (χ2n) is 5.11. The Kier molecular flexibility index (Phi) is 4.59.